The third-order valence-electron chi connectivity index (χ3n) is 4.67. The van der Waals surface area contributed by atoms with Crippen molar-refractivity contribution in [1.29, 1.82) is 0 Å². The molecule has 0 amide bonds. The topological polar surface area (TPSA) is 47.7 Å². The third kappa shape index (κ3) is 4.28. The van der Waals surface area contributed by atoms with Crippen molar-refractivity contribution >= 4 is 0 Å². The quantitative estimate of drug-likeness (QED) is 0.811. The van der Waals surface area contributed by atoms with Crippen molar-refractivity contribution < 1.29 is 22.6 Å². The van der Waals surface area contributed by atoms with Gasteiger partial charge in [-0.1, -0.05) is 30.3 Å². The van der Waals surface area contributed by atoms with E-state index in [0.717, 1.165) is 18.5 Å². The van der Waals surface area contributed by atoms with Crippen molar-refractivity contribution in [3.05, 3.63) is 59.7 Å². The van der Waals surface area contributed by atoms with Crippen molar-refractivity contribution in [3.63, 3.8) is 0 Å². The van der Waals surface area contributed by atoms with Crippen molar-refractivity contribution in [3.8, 4) is 11.5 Å². The van der Waals surface area contributed by atoms with Crippen LogP contribution in [-0.2, 0) is 6.42 Å². The van der Waals surface area contributed by atoms with Crippen LogP contribution in [0.15, 0.2) is 48.5 Å². The first kappa shape index (κ1) is 18.5. The molecule has 4 nitrogen and oxygen atoms in total. The van der Waals surface area contributed by atoms with E-state index >= 15 is 0 Å². The number of hydrogen-bond acceptors (Lipinski definition) is 4. The maximum Gasteiger partial charge on any atom is 0.573 e. The minimum Gasteiger partial charge on any atom is -0.496 e. The highest BCUT2D eigenvalue weighted by Gasteiger charge is 2.35. The van der Waals surface area contributed by atoms with Gasteiger partial charge in [0.2, 0.25) is 0 Å². The van der Waals surface area contributed by atoms with E-state index in [1.54, 1.807) is 5.01 Å². The van der Waals surface area contributed by atoms with Gasteiger partial charge in [-0.25, -0.2) is 5.01 Å². The summed E-state index contributed by atoms with van der Waals surface area (Å²) in [6.45, 7) is 0.727. The number of benzene rings is 2. The molecule has 3 rings (SSSR count). The molecule has 2 N–H and O–H groups in total. The summed E-state index contributed by atoms with van der Waals surface area (Å²) in [5.74, 6) is 6.63. The minimum atomic E-state index is -4.72. The summed E-state index contributed by atoms with van der Waals surface area (Å²) in [5.41, 5.74) is 1.77. The largest absolute Gasteiger partial charge is 0.573 e. The van der Waals surface area contributed by atoms with Gasteiger partial charge in [-0.05, 0) is 48.1 Å². The molecule has 7 heteroatoms. The lowest BCUT2D eigenvalue weighted by molar-refractivity contribution is -0.274. The molecule has 1 saturated heterocycles. The van der Waals surface area contributed by atoms with E-state index in [-0.39, 0.29) is 17.7 Å². The number of alkyl halides is 3. The van der Waals surface area contributed by atoms with Gasteiger partial charge in [-0.3, -0.25) is 5.84 Å². The Balaban J connectivity index is 1.85. The van der Waals surface area contributed by atoms with Crippen molar-refractivity contribution in [2.45, 2.75) is 25.2 Å². The average molecular weight is 366 g/mol. The summed E-state index contributed by atoms with van der Waals surface area (Å²) in [5, 5.41) is 1.79. The van der Waals surface area contributed by atoms with Crippen LogP contribution >= 0.6 is 0 Å². The summed E-state index contributed by atoms with van der Waals surface area (Å²) in [7, 11) is 1.50. The van der Waals surface area contributed by atoms with Crippen LogP contribution in [0.1, 0.15) is 23.6 Å². The summed E-state index contributed by atoms with van der Waals surface area (Å²) >= 11 is 0. The average Bonchev–Trinajstić information content (AvgIpc) is 2.95. The fraction of sp³-hybridized carbons (Fsp3) is 0.368. The summed E-state index contributed by atoms with van der Waals surface area (Å²) < 4.78 is 46.9. The molecule has 0 radical (unpaired) electrons. The Morgan fingerprint density at radius 3 is 2.54 bits per heavy atom. The summed E-state index contributed by atoms with van der Waals surface area (Å²) in [6.07, 6.45) is -3.32. The molecule has 26 heavy (non-hydrogen) atoms. The van der Waals surface area contributed by atoms with Crippen LogP contribution in [-0.4, -0.2) is 25.0 Å². The van der Waals surface area contributed by atoms with Crippen LogP contribution in [0.3, 0.4) is 0 Å². The Labute approximate surface area is 150 Å². The lowest BCUT2D eigenvalue weighted by Gasteiger charge is -2.26. The van der Waals surface area contributed by atoms with Crippen LogP contribution < -0.4 is 15.3 Å². The van der Waals surface area contributed by atoms with E-state index < -0.39 is 6.36 Å². The highest BCUT2D eigenvalue weighted by Crippen LogP contribution is 2.39. The first-order valence-electron chi connectivity index (χ1n) is 8.36. The number of nitrogens with two attached hydrogens (primary N) is 1. The van der Waals surface area contributed by atoms with Gasteiger partial charge in [0.1, 0.15) is 11.5 Å². The molecule has 0 aromatic heterocycles. The number of halogens is 3. The van der Waals surface area contributed by atoms with Crippen LogP contribution in [0.25, 0.3) is 0 Å². The number of methoxy groups -OCH3 is 1. The Kier molecular flexibility index (Phi) is 5.38. The lowest BCUT2D eigenvalue weighted by Crippen LogP contribution is -2.32. The fourth-order valence-corrected chi connectivity index (χ4v) is 3.60. The Bertz CT molecular complexity index is 737. The molecular weight excluding hydrogens is 345 g/mol. The normalized spacial score (nSPS) is 21.0. The maximum absolute atomic E-state index is 12.5. The van der Waals surface area contributed by atoms with Crippen LogP contribution in [0.4, 0.5) is 13.2 Å². The van der Waals surface area contributed by atoms with E-state index in [2.05, 4.69) is 4.74 Å². The maximum atomic E-state index is 12.5. The first-order valence-corrected chi connectivity index (χ1v) is 8.36. The molecular formula is C19H21F3N2O2. The Hall–Kier alpha value is -2.25. The van der Waals surface area contributed by atoms with Crippen LogP contribution in [0, 0.1) is 5.92 Å². The smallest absolute Gasteiger partial charge is 0.496 e. The van der Waals surface area contributed by atoms with Gasteiger partial charge in [0.25, 0.3) is 0 Å². The molecule has 2 unspecified atom stereocenters. The molecule has 1 heterocycles. The molecule has 1 fully saturated rings. The van der Waals surface area contributed by atoms with Crippen molar-refractivity contribution in [2.24, 2.45) is 11.8 Å². The van der Waals surface area contributed by atoms with Gasteiger partial charge in [0.15, 0.2) is 0 Å². The van der Waals surface area contributed by atoms with Gasteiger partial charge in [-0.2, -0.15) is 0 Å². The zero-order valence-electron chi connectivity index (χ0n) is 14.4. The molecule has 0 bridgehead atoms. The Morgan fingerprint density at radius 1 is 1.15 bits per heavy atom. The second-order valence-electron chi connectivity index (χ2n) is 6.37. The van der Waals surface area contributed by atoms with Gasteiger partial charge in [0.05, 0.1) is 13.2 Å². The zero-order chi connectivity index (χ0) is 18.7. The second-order valence-corrected chi connectivity index (χ2v) is 6.37. The number of nitrogens with zero attached hydrogens (tertiary/aromatic N) is 1. The first-order chi connectivity index (χ1) is 12.4. The van der Waals surface area contributed by atoms with Crippen LogP contribution in [0.2, 0.25) is 0 Å². The monoisotopic (exact) mass is 366 g/mol. The molecule has 0 spiro atoms. The number of ether oxygens (including phenoxy) is 2. The molecule has 2 atom stereocenters. The molecule has 140 valence electrons. The highest BCUT2D eigenvalue weighted by atomic mass is 19.4. The standard InChI is InChI=1S/C19H21F3N2O2/c1-25-17-8-7-16(26-19(20,21)22)12-15(17)11-14-9-10-24(23)18(14)13-5-3-2-4-6-13/h2-8,12,14,18H,9-11,23H2,1H3. The van der Waals surface area contributed by atoms with E-state index in [0.29, 0.717) is 17.7 Å². The summed E-state index contributed by atoms with van der Waals surface area (Å²) in [4.78, 5) is 0. The fourth-order valence-electron chi connectivity index (χ4n) is 3.60. The van der Waals surface area contributed by atoms with Gasteiger partial charge < -0.3 is 9.47 Å². The predicted molar refractivity (Wildman–Crippen MR) is 91.6 cm³/mol. The van der Waals surface area contributed by atoms with E-state index in [9.17, 15) is 13.2 Å². The van der Waals surface area contributed by atoms with E-state index in [4.69, 9.17) is 10.6 Å². The van der Waals surface area contributed by atoms with Gasteiger partial charge in [0, 0.05) is 6.54 Å². The predicted octanol–water partition coefficient (Wildman–Crippen LogP) is 4.07. The van der Waals surface area contributed by atoms with E-state index in [1.165, 1.54) is 25.3 Å². The van der Waals surface area contributed by atoms with Crippen molar-refractivity contribution in [2.75, 3.05) is 13.7 Å². The van der Waals surface area contributed by atoms with Crippen LogP contribution in [0.5, 0.6) is 11.5 Å². The zero-order valence-corrected chi connectivity index (χ0v) is 14.4. The molecule has 1 aliphatic rings. The molecule has 2 aromatic carbocycles. The van der Waals surface area contributed by atoms with Gasteiger partial charge >= 0.3 is 6.36 Å². The molecule has 2 aromatic rings. The van der Waals surface area contributed by atoms with Gasteiger partial charge in [-0.15, -0.1) is 13.2 Å². The lowest BCUT2D eigenvalue weighted by atomic mass is 9.88. The third-order valence-corrected chi connectivity index (χ3v) is 4.67. The minimum absolute atomic E-state index is 0.00750. The Morgan fingerprint density at radius 2 is 1.88 bits per heavy atom. The molecule has 0 saturated carbocycles. The number of hydrazine groups is 1. The summed E-state index contributed by atoms with van der Waals surface area (Å²) in [6, 6.07) is 14.0. The highest BCUT2D eigenvalue weighted by molar-refractivity contribution is 5.41. The number of rotatable bonds is 5. The van der Waals surface area contributed by atoms with E-state index in [1.807, 2.05) is 30.3 Å². The second kappa shape index (κ2) is 7.55. The SMILES string of the molecule is COc1ccc(OC(F)(F)F)cc1CC1CCN(N)C1c1ccccc1. The molecule has 1 aliphatic heterocycles. The van der Waals surface area contributed by atoms with Crippen molar-refractivity contribution in [1.82, 2.24) is 5.01 Å². The number of hydrogen-bond donors (Lipinski definition) is 1. The molecule has 0 aliphatic carbocycles.